The molecule has 0 aliphatic heterocycles. The Bertz CT molecular complexity index is 1200. The second kappa shape index (κ2) is 66.6. The van der Waals surface area contributed by atoms with Crippen LogP contribution >= 0.6 is 0 Å². The molecule has 0 radical (unpaired) electrons. The van der Waals surface area contributed by atoms with Crippen LogP contribution in [0, 0.1) is 0 Å². The first-order valence-electron chi connectivity index (χ1n) is 31.3. The van der Waals surface area contributed by atoms with Crippen molar-refractivity contribution in [3.8, 4) is 0 Å². The zero-order valence-corrected chi connectivity index (χ0v) is 51.8. The first-order valence-corrected chi connectivity index (χ1v) is 31.3. The van der Waals surface area contributed by atoms with Crippen molar-refractivity contribution >= 4 is 5.91 Å². The van der Waals surface area contributed by atoms with E-state index in [0.717, 1.165) is 288 Å². The van der Waals surface area contributed by atoms with Crippen molar-refractivity contribution in [2.24, 2.45) is 17.2 Å². The van der Waals surface area contributed by atoms with Crippen LogP contribution in [0.25, 0.3) is 0 Å². The van der Waals surface area contributed by atoms with Gasteiger partial charge in [-0.05, 0) is 21.1 Å². The molecule has 0 aromatic heterocycles. The number of nitrogens with zero attached hydrogens (tertiary/aromatic N) is 5. The average Bonchev–Trinajstić information content (AvgIpc) is 3.45. The van der Waals surface area contributed by atoms with E-state index in [1.165, 1.54) is 0 Å². The summed E-state index contributed by atoms with van der Waals surface area (Å²) in [5.41, 5.74) is 23.3. The molecule has 80 heavy (non-hydrogen) atoms. The summed E-state index contributed by atoms with van der Waals surface area (Å²) in [6, 6.07) is 0. The smallest absolute Gasteiger partial charge is 0.216 e. The zero-order chi connectivity index (χ0) is 58.1. The van der Waals surface area contributed by atoms with Gasteiger partial charge in [0.1, 0.15) is 0 Å². The van der Waals surface area contributed by atoms with Crippen LogP contribution in [-0.2, 0) is 4.79 Å². The van der Waals surface area contributed by atoms with E-state index in [-0.39, 0.29) is 5.91 Å². The summed E-state index contributed by atoms with van der Waals surface area (Å²) in [6.45, 7) is 46.6. The van der Waals surface area contributed by atoms with Crippen LogP contribution in [0.2, 0.25) is 0 Å². The first-order chi connectivity index (χ1) is 39.4. The van der Waals surface area contributed by atoms with Gasteiger partial charge in [-0.1, -0.05) is 0 Å². The molecule has 0 fully saturated rings. The second-order valence-electron chi connectivity index (χ2n) is 20.2. The number of nitrogens with two attached hydrogens (primary N) is 3. The Morgan fingerprint density at radius 2 is 0.463 bits per heavy atom. The Labute approximate surface area is 489 Å². The van der Waals surface area contributed by atoms with E-state index in [1.54, 1.807) is 6.92 Å². The predicted molar refractivity (Wildman–Crippen MR) is 340 cm³/mol. The monoisotopic (exact) mass is 1150 g/mol. The summed E-state index contributed by atoms with van der Waals surface area (Å²) in [6.07, 6.45) is 0. The van der Waals surface area contributed by atoms with E-state index >= 15 is 0 Å². The molecule has 0 aromatic rings. The Hall–Kier alpha value is -1.53. The zero-order valence-electron chi connectivity index (χ0n) is 51.8. The third kappa shape index (κ3) is 59.6. The lowest BCUT2D eigenvalue weighted by Gasteiger charge is -2.24. The Kier molecular flexibility index (Phi) is 65.3. The van der Waals surface area contributed by atoms with Crippen molar-refractivity contribution in [2.45, 2.75) is 6.92 Å². The standard InChI is InChI=1S/C53H132N26O/c1-53(80)73-22-21-72-36-50-77(43-27-63-12-11-57-2)46-31-68-17-18-70-34-49-78(47-32-67-14-13-64-28-42-75(38-23-58-3)39-24-60-8-5-54)48-33-69-16-15-65-29-44-76(40-25-61-9-6-55)45-30-66-19-20-71-35-51-79(52-37-74-59-4)41-26-62-10-7-56/h57-72,74H,5-52,54-56H2,1-4H3,(H,73,80). The minimum absolute atomic E-state index is 0.0151. The minimum atomic E-state index is 0.0151. The van der Waals surface area contributed by atoms with Crippen molar-refractivity contribution in [1.29, 1.82) is 0 Å². The fourth-order valence-electron chi connectivity index (χ4n) is 8.55. The van der Waals surface area contributed by atoms with Gasteiger partial charge < -0.3 is 102 Å². The van der Waals surface area contributed by atoms with Gasteiger partial charge in [-0.25, -0.2) is 0 Å². The summed E-state index contributed by atoms with van der Waals surface area (Å²) in [5, 5.41) is 56.0. The Morgan fingerprint density at radius 3 is 0.675 bits per heavy atom. The van der Waals surface area contributed by atoms with Crippen molar-refractivity contribution in [3.05, 3.63) is 0 Å². The van der Waals surface area contributed by atoms with Crippen molar-refractivity contribution in [1.82, 2.24) is 120 Å². The van der Waals surface area contributed by atoms with Gasteiger partial charge in [0.2, 0.25) is 5.91 Å². The third-order valence-corrected chi connectivity index (χ3v) is 13.4. The van der Waals surface area contributed by atoms with Crippen LogP contribution in [0.4, 0.5) is 0 Å². The van der Waals surface area contributed by atoms with Crippen LogP contribution < -0.4 is 113 Å². The van der Waals surface area contributed by atoms with Gasteiger partial charge in [-0.15, -0.1) is 0 Å². The maximum Gasteiger partial charge on any atom is 0.216 e. The summed E-state index contributed by atoms with van der Waals surface area (Å²) in [4.78, 5) is 23.8. The summed E-state index contributed by atoms with van der Waals surface area (Å²) >= 11 is 0. The number of rotatable bonds is 70. The van der Waals surface area contributed by atoms with E-state index in [2.05, 4.69) is 120 Å². The Balaban J connectivity index is 4.86. The Morgan fingerprint density at radius 1 is 0.263 bits per heavy atom. The number of hydrogen-bond acceptors (Lipinski definition) is 26. The van der Waals surface area contributed by atoms with E-state index in [1.807, 2.05) is 21.1 Å². The number of carbonyl (C=O) groups is 1. The van der Waals surface area contributed by atoms with Gasteiger partial charge in [0, 0.05) is 321 Å². The highest BCUT2D eigenvalue weighted by molar-refractivity contribution is 5.72. The molecule has 0 aromatic carbocycles. The van der Waals surface area contributed by atoms with Crippen LogP contribution in [0.15, 0.2) is 0 Å². The van der Waals surface area contributed by atoms with E-state index in [9.17, 15) is 4.79 Å². The lowest BCUT2D eigenvalue weighted by Crippen LogP contribution is -2.44. The van der Waals surface area contributed by atoms with E-state index in [0.29, 0.717) is 26.2 Å². The number of likely N-dealkylation sites (N-methyl/N-ethyl adjacent to an activating group) is 2. The molecule has 0 atom stereocenters. The molecule has 27 heteroatoms. The van der Waals surface area contributed by atoms with Crippen LogP contribution in [0.5, 0.6) is 0 Å². The normalized spacial score (nSPS) is 12.1. The maximum atomic E-state index is 11.2. The fourth-order valence-corrected chi connectivity index (χ4v) is 8.55. The SMILES string of the molecule is CNCCNCCN(CCNCCNCCN(CCNCCNCCN(CCNC)CCNCCN)CCNCCNCCN(CCNCCN)CCNCCNCCN(CCNCCN)CCNNC)CCNCCNC(C)=O. The van der Waals surface area contributed by atoms with E-state index in [4.69, 9.17) is 17.2 Å². The maximum absolute atomic E-state index is 11.2. The van der Waals surface area contributed by atoms with Gasteiger partial charge in [-0.3, -0.25) is 40.1 Å². The number of carbonyl (C=O) groups excluding carboxylic acids is 1. The molecule has 27 nitrogen and oxygen atoms in total. The highest BCUT2D eigenvalue weighted by Crippen LogP contribution is 1.91. The molecule has 0 bridgehead atoms. The van der Waals surface area contributed by atoms with Crippen LogP contribution in [-0.4, -0.2) is 366 Å². The van der Waals surface area contributed by atoms with Gasteiger partial charge in [0.05, 0.1) is 0 Å². The molecule has 1 amide bonds. The molecule has 0 heterocycles. The van der Waals surface area contributed by atoms with Crippen molar-refractivity contribution < 1.29 is 4.79 Å². The molecule has 480 valence electrons. The summed E-state index contributed by atoms with van der Waals surface area (Å²) in [5.74, 6) is 0.0151. The highest BCUT2D eigenvalue weighted by Gasteiger charge is 2.10. The molecule has 24 N–H and O–H groups in total. The summed E-state index contributed by atoms with van der Waals surface area (Å²) in [7, 11) is 5.91. The molecular formula is C53H132N26O. The molecule has 0 rings (SSSR count). The third-order valence-electron chi connectivity index (χ3n) is 13.4. The number of hydrogen-bond donors (Lipinski definition) is 21. The van der Waals surface area contributed by atoms with Gasteiger partial charge >= 0.3 is 0 Å². The molecular weight excluding hydrogens is 1020 g/mol. The van der Waals surface area contributed by atoms with E-state index < -0.39 is 0 Å². The molecule has 0 saturated heterocycles. The molecule has 0 unspecified atom stereocenters. The second-order valence-corrected chi connectivity index (χ2v) is 20.2. The van der Waals surface area contributed by atoms with Crippen molar-refractivity contribution in [2.75, 3.05) is 335 Å². The molecule has 0 saturated carbocycles. The first kappa shape index (κ1) is 78.5. The van der Waals surface area contributed by atoms with Gasteiger partial charge in [0.15, 0.2) is 0 Å². The largest absolute Gasteiger partial charge is 0.355 e. The molecule has 0 aliphatic carbocycles. The van der Waals surface area contributed by atoms with Crippen LogP contribution in [0.1, 0.15) is 6.92 Å². The number of amides is 1. The summed E-state index contributed by atoms with van der Waals surface area (Å²) < 4.78 is 0. The molecule has 0 spiro atoms. The topological polar surface area (TPSA) is 328 Å². The quantitative estimate of drug-likeness (QED) is 0.0199. The molecule has 0 aliphatic rings. The lowest BCUT2D eigenvalue weighted by atomic mass is 10.4. The lowest BCUT2D eigenvalue weighted by molar-refractivity contribution is -0.118. The predicted octanol–water partition coefficient (Wildman–Crippen LogP) is -9.66. The fraction of sp³-hybridized carbons (Fsp3) is 0.981. The van der Waals surface area contributed by atoms with Gasteiger partial charge in [-0.2, -0.15) is 0 Å². The van der Waals surface area contributed by atoms with Crippen molar-refractivity contribution in [3.63, 3.8) is 0 Å². The van der Waals surface area contributed by atoms with Crippen LogP contribution in [0.3, 0.4) is 0 Å². The average molecular weight is 1150 g/mol. The van der Waals surface area contributed by atoms with Gasteiger partial charge in [0.25, 0.3) is 0 Å². The highest BCUT2D eigenvalue weighted by atomic mass is 16.1. The number of hydrazine groups is 1. The minimum Gasteiger partial charge on any atom is -0.355 e. The number of nitrogens with one attached hydrogen (secondary N) is 18.